The molecule has 2 rings (SSSR count). The molecule has 1 aliphatic carbocycles. The molecular formula is C15H27NO. The molecule has 1 aliphatic heterocycles. The fourth-order valence-electron chi connectivity index (χ4n) is 3.76. The summed E-state index contributed by atoms with van der Waals surface area (Å²) in [5.41, 5.74) is -0.0278. The van der Waals surface area contributed by atoms with Gasteiger partial charge in [0, 0.05) is 17.9 Å². The number of nitrogens with one attached hydrogen (secondary N) is 1. The molecule has 17 heavy (non-hydrogen) atoms. The minimum absolute atomic E-state index is 0.0278. The first-order valence-electron chi connectivity index (χ1n) is 7.43. The van der Waals surface area contributed by atoms with E-state index < -0.39 is 0 Å². The van der Waals surface area contributed by atoms with Gasteiger partial charge in [0.2, 0.25) is 0 Å². The topological polar surface area (TPSA) is 29.1 Å². The molecule has 2 fully saturated rings. The monoisotopic (exact) mass is 237 g/mol. The Bertz CT molecular complexity index is 268. The molecule has 3 atom stereocenters. The normalized spacial score (nSPS) is 38.9. The SMILES string of the molecule is CCC1(C(=O)C2CCCC(C)C2)CCCNC1. The third-order valence-corrected chi connectivity index (χ3v) is 4.98. The molecule has 0 aromatic heterocycles. The first kappa shape index (κ1) is 13.1. The van der Waals surface area contributed by atoms with Crippen molar-refractivity contribution >= 4 is 5.78 Å². The van der Waals surface area contributed by atoms with Crippen LogP contribution in [0.1, 0.15) is 58.8 Å². The zero-order valence-corrected chi connectivity index (χ0v) is 11.4. The fourth-order valence-corrected chi connectivity index (χ4v) is 3.76. The number of carbonyl (C=O) groups excluding carboxylic acids is 1. The molecule has 2 heteroatoms. The Hall–Kier alpha value is -0.370. The van der Waals surface area contributed by atoms with Crippen molar-refractivity contribution in [1.29, 1.82) is 0 Å². The van der Waals surface area contributed by atoms with Gasteiger partial charge in [0.15, 0.2) is 0 Å². The number of Topliss-reactive ketones (excluding diaryl/α,β-unsaturated/α-hetero) is 1. The quantitative estimate of drug-likeness (QED) is 0.817. The van der Waals surface area contributed by atoms with Crippen LogP contribution in [0, 0.1) is 17.3 Å². The van der Waals surface area contributed by atoms with E-state index in [0.717, 1.165) is 44.7 Å². The van der Waals surface area contributed by atoms with E-state index in [0.29, 0.717) is 11.7 Å². The summed E-state index contributed by atoms with van der Waals surface area (Å²) in [5, 5.41) is 3.44. The van der Waals surface area contributed by atoms with Gasteiger partial charge in [-0.25, -0.2) is 0 Å². The Morgan fingerprint density at radius 2 is 2.18 bits per heavy atom. The molecule has 3 unspecified atom stereocenters. The number of ketones is 1. The molecule has 0 aromatic rings. The Balaban J connectivity index is 2.05. The maximum absolute atomic E-state index is 12.8. The van der Waals surface area contributed by atoms with Crippen molar-refractivity contribution in [2.75, 3.05) is 13.1 Å². The zero-order valence-electron chi connectivity index (χ0n) is 11.4. The molecule has 0 radical (unpaired) electrons. The molecule has 1 saturated carbocycles. The molecule has 0 aromatic carbocycles. The van der Waals surface area contributed by atoms with Crippen molar-refractivity contribution in [2.45, 2.75) is 58.8 Å². The van der Waals surface area contributed by atoms with Gasteiger partial charge in [-0.05, 0) is 44.6 Å². The fraction of sp³-hybridized carbons (Fsp3) is 0.933. The number of hydrogen-bond acceptors (Lipinski definition) is 2. The van der Waals surface area contributed by atoms with Crippen molar-refractivity contribution < 1.29 is 4.79 Å². The highest BCUT2D eigenvalue weighted by Crippen LogP contribution is 2.39. The van der Waals surface area contributed by atoms with E-state index in [1.807, 2.05) is 0 Å². The van der Waals surface area contributed by atoms with Crippen LogP contribution in [-0.2, 0) is 4.79 Å². The van der Waals surface area contributed by atoms with Crippen LogP contribution in [0.4, 0.5) is 0 Å². The average molecular weight is 237 g/mol. The Kier molecular flexibility index (Phi) is 4.24. The van der Waals surface area contributed by atoms with Crippen LogP contribution in [0.2, 0.25) is 0 Å². The van der Waals surface area contributed by atoms with Crippen LogP contribution in [-0.4, -0.2) is 18.9 Å². The second-order valence-electron chi connectivity index (χ2n) is 6.25. The van der Waals surface area contributed by atoms with E-state index in [2.05, 4.69) is 19.2 Å². The van der Waals surface area contributed by atoms with Gasteiger partial charge in [-0.15, -0.1) is 0 Å². The van der Waals surface area contributed by atoms with E-state index >= 15 is 0 Å². The Morgan fingerprint density at radius 3 is 2.76 bits per heavy atom. The highest BCUT2D eigenvalue weighted by Gasteiger charge is 2.41. The molecular weight excluding hydrogens is 210 g/mol. The molecule has 0 spiro atoms. The minimum Gasteiger partial charge on any atom is -0.316 e. The van der Waals surface area contributed by atoms with Gasteiger partial charge in [-0.3, -0.25) is 4.79 Å². The van der Waals surface area contributed by atoms with Crippen LogP contribution >= 0.6 is 0 Å². The highest BCUT2D eigenvalue weighted by molar-refractivity contribution is 5.87. The lowest BCUT2D eigenvalue weighted by Gasteiger charge is -2.39. The molecule has 2 aliphatic rings. The Labute approximate surface area is 106 Å². The molecule has 0 amide bonds. The second-order valence-corrected chi connectivity index (χ2v) is 6.25. The van der Waals surface area contributed by atoms with E-state index in [9.17, 15) is 4.79 Å². The van der Waals surface area contributed by atoms with E-state index in [1.54, 1.807) is 0 Å². The van der Waals surface area contributed by atoms with E-state index in [-0.39, 0.29) is 5.41 Å². The molecule has 1 saturated heterocycles. The summed E-state index contributed by atoms with van der Waals surface area (Å²) in [5.74, 6) is 1.69. The third kappa shape index (κ3) is 2.73. The third-order valence-electron chi connectivity index (χ3n) is 4.98. The van der Waals surface area contributed by atoms with E-state index in [4.69, 9.17) is 0 Å². The first-order chi connectivity index (χ1) is 8.18. The average Bonchev–Trinajstić information content (AvgIpc) is 2.38. The summed E-state index contributed by atoms with van der Waals surface area (Å²) < 4.78 is 0. The molecule has 1 N–H and O–H groups in total. The summed E-state index contributed by atoms with van der Waals surface area (Å²) in [6.07, 6.45) is 8.16. The lowest BCUT2D eigenvalue weighted by molar-refractivity contribution is -0.135. The lowest BCUT2D eigenvalue weighted by atomic mass is 9.67. The largest absolute Gasteiger partial charge is 0.316 e. The van der Waals surface area contributed by atoms with Crippen LogP contribution in [0.15, 0.2) is 0 Å². The molecule has 2 nitrogen and oxygen atoms in total. The first-order valence-corrected chi connectivity index (χ1v) is 7.43. The van der Waals surface area contributed by atoms with Gasteiger partial charge < -0.3 is 5.32 Å². The summed E-state index contributed by atoms with van der Waals surface area (Å²) in [6, 6.07) is 0. The van der Waals surface area contributed by atoms with Gasteiger partial charge in [0.05, 0.1) is 0 Å². The van der Waals surface area contributed by atoms with Gasteiger partial charge in [0.25, 0.3) is 0 Å². The predicted octanol–water partition coefficient (Wildman–Crippen LogP) is 3.16. The molecule has 0 bridgehead atoms. The van der Waals surface area contributed by atoms with Crippen molar-refractivity contribution in [3.8, 4) is 0 Å². The van der Waals surface area contributed by atoms with Crippen molar-refractivity contribution in [1.82, 2.24) is 5.32 Å². The maximum atomic E-state index is 12.8. The number of carbonyl (C=O) groups is 1. The van der Waals surface area contributed by atoms with Gasteiger partial charge in [-0.2, -0.15) is 0 Å². The zero-order chi connectivity index (χ0) is 12.3. The van der Waals surface area contributed by atoms with Gasteiger partial charge in [-0.1, -0.05) is 26.7 Å². The molecule has 1 heterocycles. The minimum atomic E-state index is -0.0278. The Morgan fingerprint density at radius 1 is 1.35 bits per heavy atom. The number of hydrogen-bond donors (Lipinski definition) is 1. The van der Waals surface area contributed by atoms with Gasteiger partial charge >= 0.3 is 0 Å². The summed E-state index contributed by atoms with van der Waals surface area (Å²) in [6.45, 7) is 6.51. The van der Waals surface area contributed by atoms with Crippen molar-refractivity contribution in [2.24, 2.45) is 17.3 Å². The van der Waals surface area contributed by atoms with Crippen LogP contribution in [0.5, 0.6) is 0 Å². The summed E-state index contributed by atoms with van der Waals surface area (Å²) in [7, 11) is 0. The second kappa shape index (κ2) is 5.51. The lowest BCUT2D eigenvalue weighted by Crippen LogP contribution is -2.48. The molecule has 98 valence electrons. The highest BCUT2D eigenvalue weighted by atomic mass is 16.1. The maximum Gasteiger partial charge on any atom is 0.143 e. The van der Waals surface area contributed by atoms with Crippen LogP contribution in [0.25, 0.3) is 0 Å². The predicted molar refractivity (Wildman–Crippen MR) is 71.0 cm³/mol. The van der Waals surface area contributed by atoms with Crippen molar-refractivity contribution in [3.05, 3.63) is 0 Å². The van der Waals surface area contributed by atoms with E-state index in [1.165, 1.54) is 19.3 Å². The number of rotatable bonds is 3. The van der Waals surface area contributed by atoms with Crippen molar-refractivity contribution in [3.63, 3.8) is 0 Å². The van der Waals surface area contributed by atoms with Gasteiger partial charge in [0.1, 0.15) is 5.78 Å². The summed E-state index contributed by atoms with van der Waals surface area (Å²) in [4.78, 5) is 12.8. The summed E-state index contributed by atoms with van der Waals surface area (Å²) >= 11 is 0. The number of piperidine rings is 1. The van der Waals surface area contributed by atoms with Crippen LogP contribution < -0.4 is 5.32 Å². The smallest absolute Gasteiger partial charge is 0.143 e. The van der Waals surface area contributed by atoms with Crippen LogP contribution in [0.3, 0.4) is 0 Å². The standard InChI is InChI=1S/C15H27NO/c1-3-15(8-5-9-16-11-15)14(17)13-7-4-6-12(2)10-13/h12-13,16H,3-11H2,1-2H3.